The zero-order valence-electron chi connectivity index (χ0n) is 15.5. The van der Waals surface area contributed by atoms with Crippen LogP contribution in [0.3, 0.4) is 0 Å². The van der Waals surface area contributed by atoms with Gasteiger partial charge < -0.3 is 10.2 Å². The molecule has 0 aliphatic carbocycles. The van der Waals surface area contributed by atoms with Gasteiger partial charge in [0.05, 0.1) is 11.6 Å². The van der Waals surface area contributed by atoms with Crippen molar-refractivity contribution >= 4 is 17.5 Å². The average molecular weight is 374 g/mol. The van der Waals surface area contributed by atoms with Crippen LogP contribution in [0.4, 0.5) is 5.69 Å². The number of carbonyl (C=O) groups is 2. The van der Waals surface area contributed by atoms with Gasteiger partial charge in [0.15, 0.2) is 0 Å². The predicted molar refractivity (Wildman–Crippen MR) is 107 cm³/mol. The second-order valence-corrected chi connectivity index (χ2v) is 6.97. The van der Waals surface area contributed by atoms with Crippen molar-refractivity contribution < 1.29 is 9.59 Å². The normalized spacial score (nSPS) is 16.4. The lowest BCUT2D eigenvalue weighted by atomic mass is 10.1. The van der Waals surface area contributed by atoms with Crippen LogP contribution in [0.15, 0.2) is 73.1 Å². The van der Waals surface area contributed by atoms with Crippen LogP contribution in [0.2, 0.25) is 0 Å². The summed E-state index contributed by atoms with van der Waals surface area (Å²) in [6, 6.07) is 19.4. The third-order valence-electron chi connectivity index (χ3n) is 4.98. The number of aromatic nitrogens is 2. The van der Waals surface area contributed by atoms with Gasteiger partial charge in [0.1, 0.15) is 0 Å². The number of amides is 2. The molecule has 0 bridgehead atoms. The van der Waals surface area contributed by atoms with Gasteiger partial charge in [0, 0.05) is 37.6 Å². The molecular weight excluding hydrogens is 352 g/mol. The van der Waals surface area contributed by atoms with E-state index in [0.717, 1.165) is 12.1 Å². The molecule has 1 aliphatic heterocycles. The minimum atomic E-state index is -0.323. The van der Waals surface area contributed by atoms with Crippen LogP contribution >= 0.6 is 0 Å². The van der Waals surface area contributed by atoms with Crippen molar-refractivity contribution in [2.75, 3.05) is 18.4 Å². The molecule has 1 saturated heterocycles. The maximum atomic E-state index is 12.7. The second kappa shape index (κ2) is 8.08. The van der Waals surface area contributed by atoms with E-state index in [4.69, 9.17) is 0 Å². The summed E-state index contributed by atoms with van der Waals surface area (Å²) in [5, 5.41) is 7.14. The topological polar surface area (TPSA) is 67.2 Å². The Kier molecular flexibility index (Phi) is 5.19. The Labute approximate surface area is 163 Å². The molecule has 28 heavy (non-hydrogen) atoms. The van der Waals surface area contributed by atoms with E-state index in [2.05, 4.69) is 22.5 Å². The van der Waals surface area contributed by atoms with Crippen LogP contribution in [0.25, 0.3) is 5.69 Å². The zero-order valence-corrected chi connectivity index (χ0v) is 15.5. The SMILES string of the molecule is O=C(Nc1cccc(-n2cccn2)c1)C1CC(=O)N(CCc2ccccc2)C1. The van der Waals surface area contributed by atoms with Gasteiger partial charge >= 0.3 is 0 Å². The molecule has 1 fully saturated rings. The minimum Gasteiger partial charge on any atom is -0.342 e. The van der Waals surface area contributed by atoms with E-state index in [9.17, 15) is 9.59 Å². The van der Waals surface area contributed by atoms with E-state index in [1.807, 2.05) is 54.7 Å². The van der Waals surface area contributed by atoms with Gasteiger partial charge in [-0.05, 0) is 36.2 Å². The molecule has 3 aromatic rings. The van der Waals surface area contributed by atoms with E-state index in [1.54, 1.807) is 15.8 Å². The number of hydrogen-bond donors (Lipinski definition) is 1. The summed E-state index contributed by atoms with van der Waals surface area (Å²) < 4.78 is 1.74. The van der Waals surface area contributed by atoms with Crippen molar-refractivity contribution in [1.29, 1.82) is 0 Å². The fourth-order valence-electron chi connectivity index (χ4n) is 3.46. The highest BCUT2D eigenvalue weighted by atomic mass is 16.2. The molecule has 1 aliphatic rings. The molecule has 0 saturated carbocycles. The molecule has 1 aromatic heterocycles. The summed E-state index contributed by atoms with van der Waals surface area (Å²) >= 11 is 0. The summed E-state index contributed by atoms with van der Waals surface area (Å²) in [5.74, 6) is -0.397. The monoisotopic (exact) mass is 374 g/mol. The fourth-order valence-corrected chi connectivity index (χ4v) is 3.46. The summed E-state index contributed by atoms with van der Waals surface area (Å²) in [6.45, 7) is 1.11. The number of benzene rings is 2. The number of hydrogen-bond acceptors (Lipinski definition) is 3. The Bertz CT molecular complexity index is 954. The minimum absolute atomic E-state index is 0.0429. The number of nitrogens with one attached hydrogen (secondary N) is 1. The molecule has 0 spiro atoms. The van der Waals surface area contributed by atoms with E-state index in [1.165, 1.54) is 5.56 Å². The smallest absolute Gasteiger partial charge is 0.229 e. The van der Waals surface area contributed by atoms with Gasteiger partial charge in [-0.15, -0.1) is 0 Å². The number of carbonyl (C=O) groups excluding carboxylic acids is 2. The van der Waals surface area contributed by atoms with Crippen LogP contribution in [0.1, 0.15) is 12.0 Å². The fraction of sp³-hybridized carbons (Fsp3) is 0.227. The molecule has 2 heterocycles. The van der Waals surface area contributed by atoms with E-state index < -0.39 is 0 Å². The molecule has 4 rings (SSSR count). The molecule has 142 valence electrons. The van der Waals surface area contributed by atoms with E-state index >= 15 is 0 Å². The summed E-state index contributed by atoms with van der Waals surface area (Å²) in [6.07, 6.45) is 4.62. The molecule has 1 N–H and O–H groups in total. The quantitative estimate of drug-likeness (QED) is 0.721. The average Bonchev–Trinajstić information content (AvgIpc) is 3.37. The molecule has 6 nitrogen and oxygen atoms in total. The molecule has 1 unspecified atom stereocenters. The largest absolute Gasteiger partial charge is 0.342 e. The molecular formula is C22H22N4O2. The van der Waals surface area contributed by atoms with Crippen molar-refractivity contribution in [3.05, 3.63) is 78.6 Å². The highest BCUT2D eigenvalue weighted by Gasteiger charge is 2.34. The van der Waals surface area contributed by atoms with E-state index in [-0.39, 0.29) is 24.2 Å². The third-order valence-corrected chi connectivity index (χ3v) is 4.98. The maximum absolute atomic E-state index is 12.7. The summed E-state index contributed by atoms with van der Waals surface area (Å²) in [7, 11) is 0. The first kappa shape index (κ1) is 18.0. The first-order valence-corrected chi connectivity index (χ1v) is 9.42. The maximum Gasteiger partial charge on any atom is 0.229 e. The molecule has 6 heteroatoms. The van der Waals surface area contributed by atoms with Crippen molar-refractivity contribution in [3.63, 3.8) is 0 Å². The van der Waals surface area contributed by atoms with Gasteiger partial charge in [0.25, 0.3) is 0 Å². The van der Waals surface area contributed by atoms with Crippen molar-refractivity contribution in [3.8, 4) is 5.69 Å². The van der Waals surface area contributed by atoms with Crippen LogP contribution in [-0.2, 0) is 16.0 Å². The lowest BCUT2D eigenvalue weighted by Crippen LogP contribution is -2.30. The molecule has 1 atom stereocenters. The summed E-state index contributed by atoms with van der Waals surface area (Å²) in [4.78, 5) is 26.8. The number of nitrogens with zero attached hydrogens (tertiary/aromatic N) is 3. The highest BCUT2D eigenvalue weighted by Crippen LogP contribution is 2.21. The first-order chi connectivity index (χ1) is 13.7. The van der Waals surface area contributed by atoms with Crippen LogP contribution in [0.5, 0.6) is 0 Å². The van der Waals surface area contributed by atoms with Crippen molar-refractivity contribution in [2.45, 2.75) is 12.8 Å². The second-order valence-electron chi connectivity index (χ2n) is 6.97. The predicted octanol–water partition coefficient (Wildman–Crippen LogP) is 2.90. The summed E-state index contributed by atoms with van der Waals surface area (Å²) in [5.41, 5.74) is 2.77. The molecule has 0 radical (unpaired) electrons. The molecule has 2 aromatic carbocycles. The van der Waals surface area contributed by atoms with Crippen LogP contribution in [0, 0.1) is 5.92 Å². The molecule has 2 amide bonds. The van der Waals surface area contributed by atoms with Gasteiger partial charge in [-0.2, -0.15) is 5.10 Å². The Morgan fingerprint density at radius 1 is 1.11 bits per heavy atom. The standard InChI is InChI=1S/C22H22N4O2/c27-21-14-18(16-25(21)13-10-17-6-2-1-3-7-17)22(28)24-19-8-4-9-20(15-19)26-12-5-11-23-26/h1-9,11-12,15,18H,10,13-14,16H2,(H,24,28). The Morgan fingerprint density at radius 3 is 2.75 bits per heavy atom. The highest BCUT2D eigenvalue weighted by molar-refractivity contribution is 5.97. The van der Waals surface area contributed by atoms with Crippen molar-refractivity contribution in [2.24, 2.45) is 5.92 Å². The Balaban J connectivity index is 1.35. The number of anilines is 1. The Morgan fingerprint density at radius 2 is 1.96 bits per heavy atom. The van der Waals surface area contributed by atoms with Crippen LogP contribution in [-0.4, -0.2) is 39.6 Å². The van der Waals surface area contributed by atoms with E-state index in [0.29, 0.717) is 18.8 Å². The van der Waals surface area contributed by atoms with Crippen molar-refractivity contribution in [1.82, 2.24) is 14.7 Å². The lowest BCUT2D eigenvalue weighted by molar-refractivity contribution is -0.128. The first-order valence-electron chi connectivity index (χ1n) is 9.42. The number of rotatable bonds is 6. The Hall–Kier alpha value is -3.41. The third kappa shape index (κ3) is 4.11. The zero-order chi connectivity index (χ0) is 19.3. The number of likely N-dealkylation sites (tertiary alicyclic amines) is 1. The van der Waals surface area contributed by atoms with Crippen LogP contribution < -0.4 is 5.32 Å². The van der Waals surface area contributed by atoms with Gasteiger partial charge in [-0.3, -0.25) is 9.59 Å². The lowest BCUT2D eigenvalue weighted by Gasteiger charge is -2.16. The van der Waals surface area contributed by atoms with Gasteiger partial charge in [-0.1, -0.05) is 36.4 Å². The van der Waals surface area contributed by atoms with Gasteiger partial charge in [-0.25, -0.2) is 4.68 Å². The van der Waals surface area contributed by atoms with Gasteiger partial charge in [0.2, 0.25) is 11.8 Å².